The molecule has 0 saturated heterocycles. The highest BCUT2D eigenvalue weighted by atomic mass is 19.4. The van der Waals surface area contributed by atoms with Gasteiger partial charge in [0.15, 0.2) is 47.4 Å². The first-order valence-electron chi connectivity index (χ1n) is 39.2. The third-order valence-corrected chi connectivity index (χ3v) is 20.1. The van der Waals surface area contributed by atoms with Crippen LogP contribution in [-0.2, 0) is 9.47 Å². The predicted octanol–water partition coefficient (Wildman–Crippen LogP) is 20.2. The van der Waals surface area contributed by atoms with Crippen LogP contribution in [0.15, 0.2) is 183 Å². The maximum atomic E-state index is 13.5. The Balaban J connectivity index is 0.000000194. The van der Waals surface area contributed by atoms with Crippen LogP contribution in [0, 0.1) is 0 Å². The van der Waals surface area contributed by atoms with Crippen molar-refractivity contribution in [2.75, 3.05) is 106 Å². The number of methoxy groups -OCH3 is 2. The van der Waals surface area contributed by atoms with Gasteiger partial charge >= 0.3 is 50.2 Å². The van der Waals surface area contributed by atoms with Gasteiger partial charge in [-0.3, -0.25) is 0 Å². The van der Waals surface area contributed by atoms with Gasteiger partial charge in [0.05, 0.1) is 73.1 Å². The van der Waals surface area contributed by atoms with E-state index in [-0.39, 0.29) is 80.1 Å². The molecule has 0 fully saturated rings. The van der Waals surface area contributed by atoms with Crippen molar-refractivity contribution < 1.29 is 178 Å². The molecule has 5 N–H and O–H groups in total. The Bertz CT molecular complexity index is 4770. The number of hydrogen-bond donors (Lipinski definition) is 5. The molecule has 8 unspecified atom stereocenters. The number of alkyl halides is 24. The number of hydrogen-bond acceptors (Lipinski definition) is 19. The van der Waals surface area contributed by atoms with Crippen molar-refractivity contribution in [1.29, 1.82) is 0 Å². The van der Waals surface area contributed by atoms with Gasteiger partial charge in [0.2, 0.25) is 0 Å². The van der Waals surface area contributed by atoms with E-state index in [1.54, 1.807) is 53.4 Å². The van der Waals surface area contributed by atoms with Crippen molar-refractivity contribution in [3.05, 3.63) is 183 Å². The van der Waals surface area contributed by atoms with E-state index in [0.717, 1.165) is 49.6 Å². The number of benzene rings is 8. The van der Waals surface area contributed by atoms with Gasteiger partial charge in [0.25, 0.3) is 0 Å². The largest absolute Gasteiger partial charge is 0.573 e. The van der Waals surface area contributed by atoms with Gasteiger partial charge < -0.3 is 92.5 Å². The number of ether oxygens (including phenoxy) is 10. The van der Waals surface area contributed by atoms with Crippen LogP contribution in [0.25, 0.3) is 44.5 Å². The van der Waals surface area contributed by atoms with Crippen LogP contribution in [0.4, 0.5) is 128 Å². The highest BCUT2D eigenvalue weighted by Gasteiger charge is 2.48. The summed E-state index contributed by atoms with van der Waals surface area (Å²) in [6.07, 6.45) is -44.1. The lowest BCUT2D eigenvalue weighted by Crippen LogP contribution is -2.50. The number of aliphatic hydroxyl groups excluding tert-OH is 5. The van der Waals surface area contributed by atoms with Crippen LogP contribution in [-0.4, -0.2) is 211 Å². The number of rotatable bonds is 29. The van der Waals surface area contributed by atoms with Crippen LogP contribution in [0.2, 0.25) is 0 Å². The molecular weight excluding hydrogens is 1780 g/mol. The van der Waals surface area contributed by atoms with Gasteiger partial charge in [-0.1, -0.05) is 103 Å². The van der Waals surface area contributed by atoms with Gasteiger partial charge in [-0.15, -0.1) is 59.3 Å². The zero-order chi connectivity index (χ0) is 94.8. The monoisotopic (exact) mass is 1870 g/mol. The lowest BCUT2D eigenvalue weighted by molar-refractivity contribution is -0.275. The van der Waals surface area contributed by atoms with E-state index in [0.29, 0.717) is 107 Å². The molecule has 12 rings (SSSR count). The second-order valence-electron chi connectivity index (χ2n) is 29.2. The minimum atomic E-state index is -4.88. The molecule has 129 heavy (non-hydrogen) atoms. The lowest BCUT2D eigenvalue weighted by atomic mass is 9.99. The summed E-state index contributed by atoms with van der Waals surface area (Å²) >= 11 is 0. The summed E-state index contributed by atoms with van der Waals surface area (Å²) in [5, 5.41) is 47.2. The van der Waals surface area contributed by atoms with Gasteiger partial charge in [0.1, 0.15) is 49.4 Å². The summed E-state index contributed by atoms with van der Waals surface area (Å²) in [4.78, 5) is 5.71. The number of halogens is 24. The zero-order valence-electron chi connectivity index (χ0n) is 68.0. The molecular formula is C86H86F24N4O15. The third-order valence-electron chi connectivity index (χ3n) is 20.1. The lowest BCUT2D eigenvalue weighted by Gasteiger charge is -2.41. The SMILES string of the molecule is C=CCC1COc2c(-c3cccc(OC(F)(F)F)c3)cccc2N1CC(O)C(F)(F)F.COCCCC1COc2c(-c3cccc(OC(F)(F)F)c3)cccc2N1CC(OC)C(F)(F)F.OCCCC1COc2c(-c3cccc(OC(F)(F)F)c3)cccc2N1CC(O)C(F)(F)F.OCCCC1COc2c(-c3cccc(OC(F)(F)F)c3)cccc2N1CC(O)C(F)(F)F. The molecule has 4 aliphatic heterocycles. The normalized spacial score (nSPS) is 17.4. The Kier molecular flexibility index (Phi) is 34.5. The fraction of sp³-hybridized carbons (Fsp3) is 0.419. The number of fused-ring (bicyclic) bond motifs is 4. The maximum Gasteiger partial charge on any atom is 0.573 e. The molecule has 19 nitrogen and oxygen atoms in total. The van der Waals surface area contributed by atoms with Crippen LogP contribution < -0.4 is 57.5 Å². The number of anilines is 4. The first-order valence-corrected chi connectivity index (χ1v) is 39.2. The Morgan fingerprint density at radius 2 is 0.612 bits per heavy atom. The summed E-state index contributed by atoms with van der Waals surface area (Å²) in [7, 11) is 2.54. The molecule has 0 bridgehead atoms. The summed E-state index contributed by atoms with van der Waals surface area (Å²) < 4.78 is 358. The molecule has 0 radical (unpaired) electrons. The van der Waals surface area contributed by atoms with Gasteiger partial charge in [0, 0.05) is 56.3 Å². The van der Waals surface area contributed by atoms with Gasteiger partial charge in [-0.25, -0.2) is 0 Å². The summed E-state index contributed by atoms with van der Waals surface area (Å²) in [6.45, 7) is 1.10. The number of para-hydroxylation sites is 4. The van der Waals surface area contributed by atoms with E-state index in [1.165, 1.54) is 107 Å². The van der Waals surface area contributed by atoms with Crippen LogP contribution in [0.3, 0.4) is 0 Å². The van der Waals surface area contributed by atoms with Crippen molar-refractivity contribution in [2.45, 2.75) is 144 Å². The Morgan fingerprint density at radius 1 is 0.357 bits per heavy atom. The Labute approximate surface area is 721 Å². The van der Waals surface area contributed by atoms with E-state index < -0.39 is 142 Å². The van der Waals surface area contributed by atoms with E-state index in [1.807, 2.05) is 0 Å². The summed E-state index contributed by atoms with van der Waals surface area (Å²) in [5.41, 5.74) is 4.10. The Hall–Kier alpha value is -10.9. The number of β-amino-alcohol motifs (C(OH)–C–C–N with tert-alkyl or cyclic N) is 3. The van der Waals surface area contributed by atoms with Crippen molar-refractivity contribution in [2.24, 2.45) is 0 Å². The molecule has 8 aromatic carbocycles. The third kappa shape index (κ3) is 29.1. The van der Waals surface area contributed by atoms with Crippen molar-refractivity contribution >= 4 is 22.7 Å². The smallest absolute Gasteiger partial charge is 0.489 e. The van der Waals surface area contributed by atoms with Crippen molar-refractivity contribution in [3.63, 3.8) is 0 Å². The molecule has 8 atom stereocenters. The predicted molar refractivity (Wildman–Crippen MR) is 422 cm³/mol. The quantitative estimate of drug-likeness (QED) is 0.0168. The highest BCUT2D eigenvalue weighted by Crippen LogP contribution is 2.50. The molecule has 0 aliphatic carbocycles. The number of aliphatic hydroxyl groups is 5. The van der Waals surface area contributed by atoms with Gasteiger partial charge in [-0.05, 0) is 140 Å². The summed E-state index contributed by atoms with van der Waals surface area (Å²) in [6, 6.07) is 37.7. The minimum Gasteiger partial charge on any atom is -0.489 e. The second-order valence-corrected chi connectivity index (χ2v) is 29.2. The number of nitrogens with zero attached hydrogens (tertiary/aromatic N) is 4. The topological polar surface area (TPSA) is 206 Å². The van der Waals surface area contributed by atoms with E-state index in [4.69, 9.17) is 38.6 Å². The molecule has 708 valence electrons. The van der Waals surface area contributed by atoms with E-state index >= 15 is 0 Å². The van der Waals surface area contributed by atoms with Crippen LogP contribution >= 0.6 is 0 Å². The fourth-order valence-corrected chi connectivity index (χ4v) is 14.4. The Morgan fingerprint density at radius 3 is 0.853 bits per heavy atom. The summed E-state index contributed by atoms with van der Waals surface area (Å²) in [5.74, 6) is -0.885. The van der Waals surface area contributed by atoms with Gasteiger partial charge in [-0.2, -0.15) is 52.7 Å². The van der Waals surface area contributed by atoms with E-state index in [9.17, 15) is 121 Å². The molecule has 0 spiro atoms. The molecule has 0 aromatic heterocycles. The van der Waals surface area contributed by atoms with E-state index in [2.05, 4.69) is 25.5 Å². The first kappa shape index (κ1) is 102. The molecule has 0 saturated carbocycles. The average Bonchev–Trinajstić information content (AvgIpc) is 0.772. The molecule has 0 amide bonds. The van der Waals surface area contributed by atoms with Crippen LogP contribution in [0.5, 0.6) is 46.0 Å². The molecule has 43 heteroatoms. The average molecular weight is 1870 g/mol. The van der Waals surface area contributed by atoms with Crippen molar-refractivity contribution in [3.8, 4) is 90.5 Å². The molecule has 8 aromatic rings. The maximum absolute atomic E-state index is 13.5. The standard InChI is InChI=1S/C23H25F6NO4.2C21H21F6NO4.C21H19F6NO3/c1-31-11-5-7-16-14-33-21-18(15-6-3-8-17(12-15)34-23(27,28)29)9-4-10-19(21)30(16)13-20(32-2)22(24,25)26;2*22-20(23,24)18(30)11-28-14(5-3-9-29)12-31-19-16(7-2-8-17(19)28)13-4-1-6-15(10-13)32-21(25,26)27;1-2-5-14-12-30-19-16(13-6-3-7-15(10-13)31-21(25,26)27)8-4-9-17(19)28(14)11-18(29)20(22,23)24/h3-4,6,8-10,12,16,20H,5,7,11,13-14H2,1-2H3;2*1-2,4,6-8,10,14,18,29-30H,3,5,9,11-12H2;2-4,6-10,14,18,29H,1,5,11-12H2. The fourth-order valence-electron chi connectivity index (χ4n) is 14.4. The second kappa shape index (κ2) is 43.7. The van der Waals surface area contributed by atoms with Crippen molar-refractivity contribution in [1.82, 2.24) is 0 Å². The molecule has 4 aliphatic rings. The first-order chi connectivity index (χ1) is 60.5. The van der Waals surface area contributed by atoms with Crippen LogP contribution in [0.1, 0.15) is 44.9 Å². The molecule has 4 heterocycles. The highest BCUT2D eigenvalue weighted by molar-refractivity contribution is 5.84. The zero-order valence-corrected chi connectivity index (χ0v) is 68.0. The minimum absolute atomic E-state index is 0.0132.